The third-order valence-electron chi connectivity index (χ3n) is 4.38. The lowest BCUT2D eigenvalue weighted by molar-refractivity contribution is -0.264. The summed E-state index contributed by atoms with van der Waals surface area (Å²) in [6.45, 7) is 9.40. The van der Waals surface area contributed by atoms with Crippen molar-refractivity contribution in [2.24, 2.45) is 5.92 Å². The van der Waals surface area contributed by atoms with E-state index in [1.807, 2.05) is 20.8 Å². The molecule has 17 heavy (non-hydrogen) atoms. The zero-order valence-electron chi connectivity index (χ0n) is 11.0. The molecular weight excluding hydrogens is 216 g/mol. The number of hydrogen-bond donors (Lipinski definition) is 0. The van der Waals surface area contributed by atoms with Crippen LogP contribution in [0.1, 0.15) is 40.0 Å². The Morgan fingerprint density at radius 2 is 1.94 bits per heavy atom. The molecule has 1 spiro atoms. The van der Waals surface area contributed by atoms with E-state index in [0.717, 1.165) is 6.54 Å². The first-order valence-corrected chi connectivity index (χ1v) is 6.65. The number of fused-ring (bicyclic) bond motifs is 2. The van der Waals surface area contributed by atoms with Gasteiger partial charge in [0.2, 0.25) is 5.91 Å². The lowest BCUT2D eigenvalue weighted by Crippen LogP contribution is -2.59. The van der Waals surface area contributed by atoms with Gasteiger partial charge in [-0.25, -0.2) is 5.06 Å². The van der Waals surface area contributed by atoms with Crippen LogP contribution in [0, 0.1) is 5.92 Å². The maximum Gasteiger partial charge on any atom is 0.249 e. The van der Waals surface area contributed by atoms with Gasteiger partial charge in [-0.05, 0) is 52.6 Å². The highest BCUT2D eigenvalue weighted by Gasteiger charge is 2.56. The van der Waals surface area contributed by atoms with E-state index in [4.69, 9.17) is 4.84 Å². The predicted molar refractivity (Wildman–Crippen MR) is 64.2 cm³/mol. The summed E-state index contributed by atoms with van der Waals surface area (Å²) >= 11 is 0. The van der Waals surface area contributed by atoms with Gasteiger partial charge in [0.25, 0.3) is 0 Å². The van der Waals surface area contributed by atoms with Gasteiger partial charge in [-0.2, -0.15) is 0 Å². The van der Waals surface area contributed by atoms with Gasteiger partial charge in [-0.1, -0.05) is 0 Å². The summed E-state index contributed by atoms with van der Waals surface area (Å²) < 4.78 is 0. The van der Waals surface area contributed by atoms with Crippen LogP contribution < -0.4 is 0 Å². The molecule has 0 radical (unpaired) electrons. The molecule has 4 heteroatoms. The summed E-state index contributed by atoms with van der Waals surface area (Å²) in [5.41, 5.74) is -0.437. The quantitative estimate of drug-likeness (QED) is 0.640. The molecule has 4 aliphatic heterocycles. The second-order valence-corrected chi connectivity index (χ2v) is 6.74. The minimum Gasteiger partial charge on any atom is -0.300 e. The molecule has 4 aliphatic rings. The zero-order valence-corrected chi connectivity index (χ0v) is 11.0. The van der Waals surface area contributed by atoms with Crippen molar-refractivity contribution in [2.45, 2.75) is 51.2 Å². The van der Waals surface area contributed by atoms with Crippen LogP contribution in [-0.4, -0.2) is 46.6 Å². The van der Waals surface area contributed by atoms with Gasteiger partial charge in [0.1, 0.15) is 5.60 Å². The molecule has 96 valence electrons. The van der Waals surface area contributed by atoms with Crippen molar-refractivity contribution in [3.05, 3.63) is 0 Å². The number of amides is 1. The van der Waals surface area contributed by atoms with Gasteiger partial charge in [0.05, 0.1) is 12.0 Å². The maximum absolute atomic E-state index is 12.2. The zero-order chi connectivity index (χ0) is 12.3. The minimum atomic E-state index is -0.230. The first-order chi connectivity index (χ1) is 7.91. The fraction of sp³-hybridized carbons (Fsp3) is 0.923. The number of nitrogens with zero attached hydrogens (tertiary/aromatic N) is 2. The largest absolute Gasteiger partial charge is 0.300 e. The summed E-state index contributed by atoms with van der Waals surface area (Å²) in [5, 5.41) is 1.62. The van der Waals surface area contributed by atoms with Crippen LogP contribution in [0.15, 0.2) is 0 Å². The molecule has 1 unspecified atom stereocenters. The molecule has 1 amide bonds. The molecule has 4 fully saturated rings. The molecule has 0 aromatic rings. The van der Waals surface area contributed by atoms with E-state index in [-0.39, 0.29) is 17.0 Å². The van der Waals surface area contributed by atoms with Crippen LogP contribution in [0.3, 0.4) is 0 Å². The van der Waals surface area contributed by atoms with Crippen LogP contribution in [0.5, 0.6) is 0 Å². The summed E-state index contributed by atoms with van der Waals surface area (Å²) in [5.74, 6) is 0.732. The van der Waals surface area contributed by atoms with E-state index in [1.54, 1.807) is 5.06 Å². The molecule has 4 heterocycles. The molecule has 0 saturated carbocycles. The van der Waals surface area contributed by atoms with Gasteiger partial charge in [0, 0.05) is 6.54 Å². The molecular formula is C13H22N2O2. The molecule has 1 atom stereocenters. The standard InChI is InChI=1S/C13H22N2O2/c1-12(2,3)15-11(16)8-13(17-15)9-14-6-4-10(13)5-7-14/h10H,4-9H2,1-3H3. The van der Waals surface area contributed by atoms with Crippen molar-refractivity contribution in [3.8, 4) is 0 Å². The highest BCUT2D eigenvalue weighted by atomic mass is 16.7. The molecule has 0 N–H and O–H groups in total. The topological polar surface area (TPSA) is 32.8 Å². The third kappa shape index (κ3) is 1.69. The van der Waals surface area contributed by atoms with E-state index in [0.29, 0.717) is 12.3 Å². The van der Waals surface area contributed by atoms with Crippen LogP contribution in [0.25, 0.3) is 0 Å². The molecule has 0 aliphatic carbocycles. The van der Waals surface area contributed by atoms with E-state index >= 15 is 0 Å². The molecule has 4 nitrogen and oxygen atoms in total. The summed E-state index contributed by atoms with van der Waals surface area (Å²) in [6, 6.07) is 0. The maximum atomic E-state index is 12.2. The fourth-order valence-electron chi connectivity index (χ4n) is 3.53. The summed E-state index contributed by atoms with van der Waals surface area (Å²) in [4.78, 5) is 20.7. The summed E-state index contributed by atoms with van der Waals surface area (Å²) in [6.07, 6.45) is 2.95. The average Bonchev–Trinajstić information content (AvgIpc) is 2.57. The smallest absolute Gasteiger partial charge is 0.249 e. The number of carbonyl (C=O) groups excluding carboxylic acids is 1. The fourth-order valence-corrected chi connectivity index (χ4v) is 3.53. The highest BCUT2D eigenvalue weighted by molar-refractivity contribution is 5.79. The van der Waals surface area contributed by atoms with Crippen molar-refractivity contribution >= 4 is 5.91 Å². The third-order valence-corrected chi connectivity index (χ3v) is 4.38. The first-order valence-electron chi connectivity index (χ1n) is 6.65. The number of rotatable bonds is 0. The van der Waals surface area contributed by atoms with Gasteiger partial charge < -0.3 is 4.90 Å². The first kappa shape index (κ1) is 11.5. The van der Waals surface area contributed by atoms with Gasteiger partial charge in [-0.3, -0.25) is 9.63 Å². The second-order valence-electron chi connectivity index (χ2n) is 6.74. The summed E-state index contributed by atoms with van der Waals surface area (Å²) in [7, 11) is 0. The number of carbonyl (C=O) groups is 1. The average molecular weight is 238 g/mol. The predicted octanol–water partition coefficient (Wildman–Crippen LogP) is 1.41. The molecule has 0 aromatic carbocycles. The van der Waals surface area contributed by atoms with Crippen molar-refractivity contribution in [1.29, 1.82) is 0 Å². The lowest BCUT2D eigenvalue weighted by Gasteiger charge is -2.50. The molecule has 0 aromatic heterocycles. The van der Waals surface area contributed by atoms with E-state index in [2.05, 4.69) is 4.90 Å². The Bertz CT molecular complexity index is 342. The monoisotopic (exact) mass is 238 g/mol. The lowest BCUT2D eigenvalue weighted by atomic mass is 9.74. The van der Waals surface area contributed by atoms with Crippen LogP contribution in [0.4, 0.5) is 0 Å². The highest BCUT2D eigenvalue weighted by Crippen LogP contribution is 2.45. The molecule has 4 rings (SSSR count). The van der Waals surface area contributed by atoms with Crippen LogP contribution >= 0.6 is 0 Å². The van der Waals surface area contributed by atoms with Crippen LogP contribution in [0.2, 0.25) is 0 Å². The Morgan fingerprint density at radius 3 is 2.35 bits per heavy atom. The number of hydroxylamine groups is 2. The Hall–Kier alpha value is -0.610. The SMILES string of the molecule is CC(C)(C)N1OC2(CC1=O)CN1CCC2CC1. The van der Waals surface area contributed by atoms with E-state index < -0.39 is 0 Å². The van der Waals surface area contributed by atoms with Gasteiger partial charge >= 0.3 is 0 Å². The number of hydrogen-bond acceptors (Lipinski definition) is 3. The Morgan fingerprint density at radius 1 is 1.29 bits per heavy atom. The van der Waals surface area contributed by atoms with Crippen molar-refractivity contribution in [1.82, 2.24) is 9.96 Å². The van der Waals surface area contributed by atoms with Crippen molar-refractivity contribution < 1.29 is 9.63 Å². The molecule has 2 bridgehead atoms. The Labute approximate surface area is 103 Å². The van der Waals surface area contributed by atoms with Crippen molar-refractivity contribution in [3.63, 3.8) is 0 Å². The van der Waals surface area contributed by atoms with Crippen LogP contribution in [-0.2, 0) is 9.63 Å². The Kier molecular flexibility index (Phi) is 2.33. The van der Waals surface area contributed by atoms with E-state index in [9.17, 15) is 4.79 Å². The second kappa shape index (κ2) is 3.45. The minimum absolute atomic E-state index is 0.159. The normalized spacial score (nSPS) is 41.6. The molecule has 4 saturated heterocycles. The van der Waals surface area contributed by atoms with Crippen molar-refractivity contribution in [2.75, 3.05) is 19.6 Å². The number of piperidine rings is 3. The van der Waals surface area contributed by atoms with Gasteiger partial charge in [0.15, 0.2) is 0 Å². The Balaban J connectivity index is 1.85. The van der Waals surface area contributed by atoms with E-state index in [1.165, 1.54) is 25.9 Å². The van der Waals surface area contributed by atoms with Gasteiger partial charge in [-0.15, -0.1) is 0 Å².